The highest BCUT2D eigenvalue weighted by atomic mass is 19.4. The molecule has 2 rings (SSSR count). The van der Waals surface area contributed by atoms with Gasteiger partial charge >= 0.3 is 12.4 Å². The van der Waals surface area contributed by atoms with Crippen LogP contribution < -0.4 is 5.32 Å². The summed E-state index contributed by atoms with van der Waals surface area (Å²) in [5, 5.41) is 9.51. The molecule has 0 aromatic carbocycles. The van der Waals surface area contributed by atoms with Gasteiger partial charge in [0.2, 0.25) is 5.91 Å². The fourth-order valence-corrected chi connectivity index (χ4v) is 2.13. The molecule has 0 aliphatic heterocycles. The van der Waals surface area contributed by atoms with Crippen LogP contribution in [0.15, 0.2) is 18.5 Å². The Hall–Kier alpha value is -2.57. The molecule has 0 fully saturated rings. The van der Waals surface area contributed by atoms with E-state index in [4.69, 9.17) is 0 Å². The lowest BCUT2D eigenvalue weighted by molar-refractivity contribution is -0.182. The van der Waals surface area contributed by atoms with E-state index in [2.05, 4.69) is 20.3 Å². The minimum Gasteiger partial charge on any atom is -0.350 e. The maximum atomic E-state index is 12.7. The predicted molar refractivity (Wildman–Crippen MR) is 79.5 cm³/mol. The Bertz CT molecular complexity index is 795. The largest absolute Gasteiger partial charge is 0.435 e. The molecular formula is C14H15F6N5O2. The second-order valence-electron chi connectivity index (χ2n) is 5.64. The van der Waals surface area contributed by atoms with E-state index in [-0.39, 0.29) is 11.4 Å². The number of halogens is 6. The van der Waals surface area contributed by atoms with Crippen molar-refractivity contribution in [3.63, 3.8) is 0 Å². The lowest BCUT2D eigenvalue weighted by atomic mass is 10.3. The third-order valence-electron chi connectivity index (χ3n) is 3.35. The summed E-state index contributed by atoms with van der Waals surface area (Å²) in [6.07, 6.45) is -6.73. The lowest BCUT2D eigenvalue weighted by Crippen LogP contribution is -2.25. The molecule has 2 aromatic heterocycles. The van der Waals surface area contributed by atoms with Crippen molar-refractivity contribution < 1.29 is 35.9 Å². The van der Waals surface area contributed by atoms with Crippen molar-refractivity contribution in [2.75, 3.05) is 11.9 Å². The lowest BCUT2D eigenvalue weighted by Gasteiger charge is -2.13. The van der Waals surface area contributed by atoms with Crippen LogP contribution in [0, 0.1) is 6.92 Å². The standard InChI is InChI=1S/C14H15F6N5O2/c1-8-3-11(14(18,19)20)23-25(8)9(2)12(26)22-10-4-21-24(5-10)7-27-6-13(15,16)17/h3-5,9H,6-7H2,1-2H3,(H,22,26). The van der Waals surface area contributed by atoms with Gasteiger partial charge in [0, 0.05) is 5.69 Å². The van der Waals surface area contributed by atoms with Crippen LogP contribution in [-0.4, -0.2) is 38.3 Å². The summed E-state index contributed by atoms with van der Waals surface area (Å²) in [6, 6.07) is -0.245. The molecular weight excluding hydrogens is 384 g/mol. The van der Waals surface area contributed by atoms with Crippen molar-refractivity contribution in [1.29, 1.82) is 0 Å². The average Bonchev–Trinajstić information content (AvgIpc) is 3.11. The van der Waals surface area contributed by atoms with Crippen molar-refractivity contribution in [3.8, 4) is 0 Å². The maximum absolute atomic E-state index is 12.7. The number of hydrogen-bond donors (Lipinski definition) is 1. The summed E-state index contributed by atoms with van der Waals surface area (Å²) in [5.74, 6) is -0.675. The van der Waals surface area contributed by atoms with E-state index >= 15 is 0 Å². The molecule has 0 radical (unpaired) electrons. The quantitative estimate of drug-likeness (QED) is 0.758. The summed E-state index contributed by atoms with van der Waals surface area (Å²) >= 11 is 0. The molecule has 0 bridgehead atoms. The highest BCUT2D eigenvalue weighted by molar-refractivity contribution is 5.93. The van der Waals surface area contributed by atoms with Crippen molar-refractivity contribution in [2.45, 2.75) is 39.0 Å². The number of nitrogens with one attached hydrogen (secondary N) is 1. The predicted octanol–water partition coefficient (Wildman–Crippen LogP) is 3.14. The van der Waals surface area contributed by atoms with E-state index in [0.717, 1.165) is 15.4 Å². The SMILES string of the molecule is Cc1cc(C(F)(F)F)nn1C(C)C(=O)Nc1cnn(COCC(F)(F)F)c1. The minimum absolute atomic E-state index is 0.140. The van der Waals surface area contributed by atoms with Gasteiger partial charge in [-0.1, -0.05) is 0 Å². The van der Waals surface area contributed by atoms with E-state index in [1.165, 1.54) is 26.2 Å². The molecule has 7 nitrogen and oxygen atoms in total. The van der Waals surface area contributed by atoms with Crippen LogP contribution >= 0.6 is 0 Å². The number of aromatic nitrogens is 4. The molecule has 0 spiro atoms. The summed E-state index contributed by atoms with van der Waals surface area (Å²) < 4.78 is 80.5. The molecule has 1 unspecified atom stereocenters. The number of carbonyl (C=O) groups excluding carboxylic acids is 1. The van der Waals surface area contributed by atoms with Gasteiger partial charge in [0.25, 0.3) is 0 Å². The monoisotopic (exact) mass is 399 g/mol. The normalized spacial score (nSPS) is 13.6. The molecule has 13 heteroatoms. The van der Waals surface area contributed by atoms with Gasteiger partial charge in [0.1, 0.15) is 19.4 Å². The third-order valence-corrected chi connectivity index (χ3v) is 3.35. The van der Waals surface area contributed by atoms with E-state index in [1.54, 1.807) is 0 Å². The van der Waals surface area contributed by atoms with Gasteiger partial charge < -0.3 is 10.1 Å². The number of aryl methyl sites for hydroxylation is 1. The van der Waals surface area contributed by atoms with Gasteiger partial charge in [-0.15, -0.1) is 0 Å². The first-order valence-electron chi connectivity index (χ1n) is 7.48. The highest BCUT2D eigenvalue weighted by Crippen LogP contribution is 2.29. The van der Waals surface area contributed by atoms with Crippen LogP contribution in [0.2, 0.25) is 0 Å². The zero-order valence-electron chi connectivity index (χ0n) is 14.1. The summed E-state index contributed by atoms with van der Waals surface area (Å²) in [5.41, 5.74) is -0.834. The molecule has 27 heavy (non-hydrogen) atoms. The van der Waals surface area contributed by atoms with Gasteiger partial charge in [-0.05, 0) is 19.9 Å². The first kappa shape index (κ1) is 20.7. The van der Waals surface area contributed by atoms with Gasteiger partial charge in [0.05, 0.1) is 18.1 Å². The molecule has 0 saturated carbocycles. The molecule has 0 aliphatic carbocycles. The number of carbonyl (C=O) groups is 1. The zero-order chi connectivity index (χ0) is 20.4. The van der Waals surface area contributed by atoms with E-state index < -0.39 is 43.3 Å². The summed E-state index contributed by atoms with van der Waals surface area (Å²) in [6.45, 7) is 0.790. The summed E-state index contributed by atoms with van der Waals surface area (Å²) in [4.78, 5) is 12.2. The van der Waals surface area contributed by atoms with Crippen molar-refractivity contribution in [1.82, 2.24) is 19.6 Å². The Morgan fingerprint density at radius 1 is 1.30 bits per heavy atom. The smallest absolute Gasteiger partial charge is 0.350 e. The fourth-order valence-electron chi connectivity index (χ4n) is 2.13. The Labute approximate surface area is 148 Å². The number of rotatable bonds is 6. The van der Waals surface area contributed by atoms with Crippen LogP contribution in [-0.2, 0) is 22.4 Å². The molecule has 0 saturated heterocycles. The molecule has 2 heterocycles. The molecule has 1 N–H and O–H groups in total. The van der Waals surface area contributed by atoms with Crippen molar-refractivity contribution in [2.24, 2.45) is 0 Å². The number of alkyl halides is 6. The number of hydrogen-bond acceptors (Lipinski definition) is 4. The average molecular weight is 399 g/mol. The van der Waals surface area contributed by atoms with Gasteiger partial charge in [-0.3, -0.25) is 9.48 Å². The first-order chi connectivity index (χ1) is 12.4. The Morgan fingerprint density at radius 2 is 1.96 bits per heavy atom. The molecule has 150 valence electrons. The first-order valence-corrected chi connectivity index (χ1v) is 7.48. The van der Waals surface area contributed by atoms with E-state index in [1.807, 2.05) is 0 Å². The maximum Gasteiger partial charge on any atom is 0.435 e. The minimum atomic E-state index is -4.64. The number of nitrogens with zero attached hydrogens (tertiary/aromatic N) is 4. The van der Waals surface area contributed by atoms with Gasteiger partial charge in [-0.2, -0.15) is 36.5 Å². The second-order valence-corrected chi connectivity index (χ2v) is 5.64. The molecule has 2 aromatic rings. The van der Waals surface area contributed by atoms with Crippen LogP contribution in [0.5, 0.6) is 0 Å². The second kappa shape index (κ2) is 7.58. The Balaban J connectivity index is 1.98. The Kier molecular flexibility index (Phi) is 5.82. The van der Waals surface area contributed by atoms with Crippen molar-refractivity contribution >= 4 is 11.6 Å². The molecule has 1 atom stereocenters. The number of amides is 1. The number of ether oxygens (including phenoxy) is 1. The van der Waals surface area contributed by atoms with Crippen LogP contribution in [0.1, 0.15) is 24.4 Å². The highest BCUT2D eigenvalue weighted by Gasteiger charge is 2.35. The fraction of sp³-hybridized carbons (Fsp3) is 0.500. The van der Waals surface area contributed by atoms with Crippen LogP contribution in [0.3, 0.4) is 0 Å². The third kappa shape index (κ3) is 5.70. The van der Waals surface area contributed by atoms with E-state index in [9.17, 15) is 31.1 Å². The summed E-state index contributed by atoms with van der Waals surface area (Å²) in [7, 11) is 0. The van der Waals surface area contributed by atoms with Crippen LogP contribution in [0.4, 0.5) is 32.0 Å². The van der Waals surface area contributed by atoms with E-state index in [0.29, 0.717) is 0 Å². The molecule has 1 amide bonds. The van der Waals surface area contributed by atoms with Gasteiger partial charge in [-0.25, -0.2) is 4.68 Å². The zero-order valence-corrected chi connectivity index (χ0v) is 14.1. The molecule has 0 aliphatic rings. The Morgan fingerprint density at radius 3 is 2.52 bits per heavy atom. The van der Waals surface area contributed by atoms with Gasteiger partial charge in [0.15, 0.2) is 5.69 Å². The number of anilines is 1. The van der Waals surface area contributed by atoms with Crippen molar-refractivity contribution in [3.05, 3.63) is 29.8 Å². The topological polar surface area (TPSA) is 74.0 Å². The van der Waals surface area contributed by atoms with Crippen LogP contribution in [0.25, 0.3) is 0 Å².